The number of rotatable bonds is 6. The lowest BCUT2D eigenvalue weighted by Gasteiger charge is -2.15. The zero-order valence-corrected chi connectivity index (χ0v) is 11.4. The van der Waals surface area contributed by atoms with Crippen LogP contribution in [0.3, 0.4) is 0 Å². The van der Waals surface area contributed by atoms with Crippen LogP contribution in [-0.4, -0.2) is 30.4 Å². The van der Waals surface area contributed by atoms with Gasteiger partial charge in [-0.3, -0.25) is 0 Å². The van der Waals surface area contributed by atoms with Crippen LogP contribution >= 0.6 is 15.9 Å². The number of hydrogen-bond acceptors (Lipinski definition) is 3. The van der Waals surface area contributed by atoms with E-state index in [1.807, 2.05) is 19.1 Å². The molecule has 1 aromatic carbocycles. The van der Waals surface area contributed by atoms with Crippen molar-refractivity contribution in [3.05, 3.63) is 28.2 Å². The Morgan fingerprint density at radius 2 is 2.24 bits per heavy atom. The lowest BCUT2D eigenvalue weighted by molar-refractivity contribution is -0.152. The summed E-state index contributed by atoms with van der Waals surface area (Å²) in [5, 5.41) is 8.88. The van der Waals surface area contributed by atoms with Gasteiger partial charge in [0.25, 0.3) is 0 Å². The molecule has 0 aliphatic carbocycles. The van der Waals surface area contributed by atoms with Crippen molar-refractivity contribution in [3.63, 3.8) is 0 Å². The van der Waals surface area contributed by atoms with Crippen LogP contribution in [0.2, 0.25) is 0 Å². The summed E-state index contributed by atoms with van der Waals surface area (Å²) in [6, 6.07) is 5.55. The average molecular weight is 303 g/mol. The van der Waals surface area contributed by atoms with Crippen molar-refractivity contribution >= 4 is 21.9 Å². The van der Waals surface area contributed by atoms with E-state index in [-0.39, 0.29) is 6.61 Å². The third-order valence-corrected chi connectivity index (χ3v) is 2.66. The molecule has 5 heteroatoms. The van der Waals surface area contributed by atoms with E-state index in [1.54, 1.807) is 13.0 Å². The first kappa shape index (κ1) is 14.0. The summed E-state index contributed by atoms with van der Waals surface area (Å²) < 4.78 is 11.5. The van der Waals surface area contributed by atoms with Gasteiger partial charge < -0.3 is 14.6 Å². The maximum Gasteiger partial charge on any atom is 0.336 e. The summed E-state index contributed by atoms with van der Waals surface area (Å²) >= 11 is 3.35. The molecule has 0 aliphatic rings. The second-order valence-electron chi connectivity index (χ2n) is 3.50. The van der Waals surface area contributed by atoms with Crippen molar-refractivity contribution in [2.45, 2.75) is 20.0 Å². The van der Waals surface area contributed by atoms with E-state index in [1.165, 1.54) is 0 Å². The third-order valence-electron chi connectivity index (χ3n) is 2.17. The number of benzene rings is 1. The first-order valence-electron chi connectivity index (χ1n) is 5.28. The Hall–Kier alpha value is -1.07. The lowest BCUT2D eigenvalue weighted by Crippen LogP contribution is -2.30. The highest BCUT2D eigenvalue weighted by Crippen LogP contribution is 2.22. The maximum atomic E-state index is 10.8. The number of carbonyl (C=O) groups is 1. The van der Waals surface area contributed by atoms with Gasteiger partial charge in [-0.2, -0.15) is 0 Å². The van der Waals surface area contributed by atoms with E-state index < -0.39 is 12.1 Å². The summed E-state index contributed by atoms with van der Waals surface area (Å²) in [5.41, 5.74) is 0.944. The highest BCUT2D eigenvalue weighted by atomic mass is 79.9. The van der Waals surface area contributed by atoms with Crippen LogP contribution in [0.15, 0.2) is 22.7 Å². The minimum absolute atomic E-state index is 0.00560. The van der Waals surface area contributed by atoms with Crippen LogP contribution in [0.4, 0.5) is 0 Å². The molecule has 0 saturated carbocycles. The molecule has 1 rings (SSSR count). The minimum atomic E-state index is -1.01. The predicted molar refractivity (Wildman–Crippen MR) is 67.4 cm³/mol. The number of halogens is 1. The van der Waals surface area contributed by atoms with Crippen LogP contribution in [-0.2, 0) is 9.53 Å². The third kappa shape index (κ3) is 4.36. The monoisotopic (exact) mass is 302 g/mol. The molecule has 0 spiro atoms. The molecule has 1 N–H and O–H groups in total. The number of carboxylic acids is 1. The fourth-order valence-corrected chi connectivity index (χ4v) is 1.81. The van der Waals surface area contributed by atoms with Crippen LogP contribution in [0, 0.1) is 6.92 Å². The summed E-state index contributed by atoms with van der Waals surface area (Å²) in [5.74, 6) is -0.347. The van der Waals surface area contributed by atoms with Crippen molar-refractivity contribution in [1.29, 1.82) is 0 Å². The van der Waals surface area contributed by atoms with Gasteiger partial charge in [0.15, 0.2) is 6.10 Å². The Morgan fingerprint density at radius 3 is 2.76 bits per heavy atom. The molecule has 0 heterocycles. The van der Waals surface area contributed by atoms with Crippen molar-refractivity contribution < 1.29 is 19.4 Å². The fourth-order valence-electron chi connectivity index (χ4n) is 1.33. The zero-order valence-electron chi connectivity index (χ0n) is 9.77. The summed E-state index contributed by atoms with van der Waals surface area (Å²) in [6.07, 6.45) is -0.928. The van der Waals surface area contributed by atoms with Gasteiger partial charge in [-0.25, -0.2) is 4.79 Å². The minimum Gasteiger partial charge on any atom is -0.490 e. The number of ether oxygens (including phenoxy) is 2. The van der Waals surface area contributed by atoms with Gasteiger partial charge in [0.05, 0.1) is 0 Å². The molecule has 17 heavy (non-hydrogen) atoms. The van der Waals surface area contributed by atoms with Crippen molar-refractivity contribution in [2.24, 2.45) is 0 Å². The molecule has 0 aliphatic heterocycles. The second-order valence-corrected chi connectivity index (χ2v) is 4.42. The normalized spacial score (nSPS) is 12.2. The maximum absolute atomic E-state index is 10.8. The van der Waals surface area contributed by atoms with Crippen molar-refractivity contribution in [3.8, 4) is 5.75 Å². The molecule has 0 aromatic heterocycles. The number of hydrogen-bond donors (Lipinski definition) is 1. The van der Waals surface area contributed by atoms with Crippen LogP contribution in [0.1, 0.15) is 12.5 Å². The second kappa shape index (κ2) is 6.61. The van der Waals surface area contributed by atoms with Crippen molar-refractivity contribution in [2.75, 3.05) is 13.2 Å². The first-order valence-corrected chi connectivity index (χ1v) is 6.07. The van der Waals surface area contributed by atoms with Gasteiger partial charge in [0.2, 0.25) is 0 Å². The Bertz CT molecular complexity index is 392. The topological polar surface area (TPSA) is 55.8 Å². The van der Waals surface area contributed by atoms with Gasteiger partial charge in [-0.15, -0.1) is 0 Å². The Balaban J connectivity index is 2.62. The predicted octanol–water partition coefficient (Wildman–Crippen LogP) is 2.63. The molecule has 1 aromatic rings. The molecule has 4 nitrogen and oxygen atoms in total. The SMILES string of the molecule is CCOC(COc1ccc(Br)cc1C)C(=O)O. The van der Waals surface area contributed by atoms with Gasteiger partial charge in [0, 0.05) is 11.1 Å². The number of aliphatic carboxylic acids is 1. The van der Waals surface area contributed by atoms with Gasteiger partial charge in [-0.1, -0.05) is 15.9 Å². The molecule has 0 saturated heterocycles. The van der Waals surface area contributed by atoms with E-state index in [9.17, 15) is 4.79 Å². The van der Waals surface area contributed by atoms with Crippen LogP contribution in [0.25, 0.3) is 0 Å². The smallest absolute Gasteiger partial charge is 0.336 e. The average Bonchev–Trinajstić information content (AvgIpc) is 2.25. The van der Waals surface area contributed by atoms with Gasteiger partial charge in [0.1, 0.15) is 12.4 Å². The molecule has 1 unspecified atom stereocenters. The van der Waals surface area contributed by atoms with Crippen LogP contribution in [0.5, 0.6) is 5.75 Å². The molecule has 0 amide bonds. The highest BCUT2D eigenvalue weighted by Gasteiger charge is 2.18. The quantitative estimate of drug-likeness (QED) is 0.877. The molecule has 0 radical (unpaired) electrons. The van der Waals surface area contributed by atoms with Gasteiger partial charge >= 0.3 is 5.97 Å². The Kier molecular flexibility index (Phi) is 5.44. The first-order chi connectivity index (χ1) is 8.04. The Labute approximate surface area is 109 Å². The molecule has 0 bridgehead atoms. The fraction of sp³-hybridized carbons (Fsp3) is 0.417. The molecule has 1 atom stereocenters. The number of aryl methyl sites for hydroxylation is 1. The van der Waals surface area contributed by atoms with E-state index in [4.69, 9.17) is 14.6 Å². The highest BCUT2D eigenvalue weighted by molar-refractivity contribution is 9.10. The lowest BCUT2D eigenvalue weighted by atomic mass is 10.2. The number of carboxylic acid groups (broad SMARTS) is 1. The molecule has 0 fully saturated rings. The van der Waals surface area contributed by atoms with Gasteiger partial charge in [-0.05, 0) is 37.6 Å². The Morgan fingerprint density at radius 1 is 1.53 bits per heavy atom. The van der Waals surface area contributed by atoms with E-state index in [2.05, 4.69) is 15.9 Å². The summed E-state index contributed by atoms with van der Waals surface area (Å²) in [7, 11) is 0. The van der Waals surface area contributed by atoms with Crippen LogP contribution < -0.4 is 4.74 Å². The summed E-state index contributed by atoms with van der Waals surface area (Å²) in [6.45, 7) is 4.00. The van der Waals surface area contributed by atoms with E-state index in [0.29, 0.717) is 12.4 Å². The van der Waals surface area contributed by atoms with Crippen molar-refractivity contribution in [1.82, 2.24) is 0 Å². The van der Waals surface area contributed by atoms with E-state index >= 15 is 0 Å². The standard InChI is InChI=1S/C12H15BrO4/c1-3-16-11(12(14)15)7-17-10-5-4-9(13)6-8(10)2/h4-6,11H,3,7H2,1-2H3,(H,14,15). The summed E-state index contributed by atoms with van der Waals surface area (Å²) in [4.78, 5) is 10.8. The molecular weight excluding hydrogens is 288 g/mol. The zero-order chi connectivity index (χ0) is 12.8. The molecule has 94 valence electrons. The largest absolute Gasteiger partial charge is 0.490 e. The molecular formula is C12H15BrO4. The van der Waals surface area contributed by atoms with E-state index in [0.717, 1.165) is 10.0 Å².